The maximum absolute atomic E-state index is 12.3. The summed E-state index contributed by atoms with van der Waals surface area (Å²) >= 11 is 1.38. The van der Waals surface area contributed by atoms with Crippen LogP contribution in [-0.2, 0) is 6.54 Å². The Balaban J connectivity index is 2.12. The first-order chi connectivity index (χ1) is 9.31. The Bertz CT molecular complexity index is 562. The molecule has 0 fully saturated rings. The minimum absolute atomic E-state index is 0.152. The van der Waals surface area contributed by atoms with Gasteiger partial charge in [-0.3, -0.25) is 9.78 Å². The lowest BCUT2D eigenvalue weighted by atomic mass is 10.2. The van der Waals surface area contributed by atoms with E-state index in [1.807, 2.05) is 12.1 Å². The molecule has 2 aromatic rings. The highest BCUT2D eigenvalue weighted by atomic mass is 32.1. The van der Waals surface area contributed by atoms with Crippen molar-refractivity contribution < 1.29 is 4.79 Å². The molecule has 0 unspecified atom stereocenters. The van der Waals surface area contributed by atoms with E-state index in [1.165, 1.54) is 11.3 Å². The van der Waals surface area contributed by atoms with Gasteiger partial charge in [-0.25, -0.2) is 4.98 Å². The van der Waals surface area contributed by atoms with Gasteiger partial charge in [-0.05, 0) is 11.6 Å². The molecule has 0 N–H and O–H groups in total. The Hall–Kier alpha value is -2.26. The van der Waals surface area contributed by atoms with Crippen LogP contribution in [0.2, 0.25) is 0 Å². The molecule has 6 heteroatoms. The third kappa shape index (κ3) is 3.60. The van der Waals surface area contributed by atoms with E-state index >= 15 is 0 Å². The number of carbonyl (C=O) groups excluding carboxylic acids is 1. The number of pyridine rings is 1. The predicted octanol–water partition coefficient (Wildman–Crippen LogP) is 2.09. The summed E-state index contributed by atoms with van der Waals surface area (Å²) in [6.07, 6.45) is 3.70. The first-order valence-electron chi connectivity index (χ1n) is 5.74. The molecule has 0 aliphatic heterocycles. The molecule has 0 aromatic carbocycles. The van der Waals surface area contributed by atoms with Gasteiger partial charge in [0.15, 0.2) is 0 Å². The van der Waals surface area contributed by atoms with Crippen LogP contribution in [0.1, 0.15) is 22.5 Å². The summed E-state index contributed by atoms with van der Waals surface area (Å²) in [6.45, 7) is 0.827. The van der Waals surface area contributed by atoms with Gasteiger partial charge in [-0.2, -0.15) is 5.26 Å². The summed E-state index contributed by atoms with van der Waals surface area (Å²) in [6, 6.07) is 5.78. The van der Waals surface area contributed by atoms with Gasteiger partial charge in [-0.15, -0.1) is 11.3 Å². The van der Waals surface area contributed by atoms with Crippen LogP contribution in [0.25, 0.3) is 0 Å². The monoisotopic (exact) mass is 272 g/mol. The molecule has 0 bridgehead atoms. The second-order valence-corrected chi connectivity index (χ2v) is 4.59. The molecular weight excluding hydrogens is 260 g/mol. The highest BCUT2D eigenvalue weighted by Crippen LogP contribution is 2.10. The molecule has 0 aliphatic rings. The maximum atomic E-state index is 12.3. The fraction of sp³-hybridized carbons (Fsp3) is 0.231. The van der Waals surface area contributed by atoms with E-state index < -0.39 is 0 Å². The number of thiazole rings is 1. The molecule has 96 valence electrons. The van der Waals surface area contributed by atoms with E-state index in [0.717, 1.165) is 5.56 Å². The maximum Gasteiger partial charge on any atom is 0.273 e. The Morgan fingerprint density at radius 2 is 2.42 bits per heavy atom. The molecule has 0 radical (unpaired) electrons. The average molecular weight is 272 g/mol. The molecule has 0 spiro atoms. The fourth-order valence-corrected chi connectivity index (χ4v) is 2.16. The Labute approximate surface area is 115 Å². The van der Waals surface area contributed by atoms with Gasteiger partial charge in [0, 0.05) is 30.9 Å². The van der Waals surface area contributed by atoms with E-state index in [1.54, 1.807) is 28.2 Å². The van der Waals surface area contributed by atoms with Crippen LogP contribution in [0.15, 0.2) is 35.4 Å². The smallest absolute Gasteiger partial charge is 0.273 e. The summed E-state index contributed by atoms with van der Waals surface area (Å²) < 4.78 is 0. The fourth-order valence-electron chi connectivity index (χ4n) is 1.63. The largest absolute Gasteiger partial charge is 0.332 e. The van der Waals surface area contributed by atoms with Crippen LogP contribution in [-0.4, -0.2) is 27.3 Å². The van der Waals surface area contributed by atoms with Crippen molar-refractivity contribution in [2.45, 2.75) is 13.0 Å². The van der Waals surface area contributed by atoms with Gasteiger partial charge < -0.3 is 4.90 Å². The van der Waals surface area contributed by atoms with Crippen LogP contribution < -0.4 is 0 Å². The molecule has 0 saturated carbocycles. The third-order valence-corrected chi connectivity index (χ3v) is 3.11. The standard InChI is InChI=1S/C13H12N4OS/c14-4-2-6-17(8-11-3-1-5-15-7-11)13(18)12-9-19-10-16-12/h1,3,5,7,9-10H,2,6,8H2. The van der Waals surface area contributed by atoms with E-state index in [2.05, 4.69) is 16.0 Å². The van der Waals surface area contributed by atoms with Crippen LogP contribution in [0, 0.1) is 11.3 Å². The lowest BCUT2D eigenvalue weighted by Gasteiger charge is -2.20. The Kier molecular flexibility index (Phi) is 4.59. The number of aromatic nitrogens is 2. The van der Waals surface area contributed by atoms with Gasteiger partial charge in [0.25, 0.3) is 5.91 Å². The van der Waals surface area contributed by atoms with Crippen LogP contribution >= 0.6 is 11.3 Å². The number of hydrogen-bond acceptors (Lipinski definition) is 5. The van der Waals surface area contributed by atoms with Crippen molar-refractivity contribution in [2.24, 2.45) is 0 Å². The summed E-state index contributed by atoms with van der Waals surface area (Å²) in [5.41, 5.74) is 2.98. The van der Waals surface area contributed by atoms with Crippen LogP contribution in [0.4, 0.5) is 0 Å². The summed E-state index contributed by atoms with van der Waals surface area (Å²) in [4.78, 5) is 21.9. The minimum atomic E-state index is -0.152. The van der Waals surface area contributed by atoms with Crippen molar-refractivity contribution in [3.63, 3.8) is 0 Å². The van der Waals surface area contributed by atoms with E-state index in [-0.39, 0.29) is 5.91 Å². The van der Waals surface area contributed by atoms with E-state index in [9.17, 15) is 4.79 Å². The number of hydrogen-bond donors (Lipinski definition) is 0. The second-order valence-electron chi connectivity index (χ2n) is 3.87. The summed E-state index contributed by atoms with van der Waals surface area (Å²) in [7, 11) is 0. The van der Waals surface area contributed by atoms with Gasteiger partial charge >= 0.3 is 0 Å². The molecule has 0 atom stereocenters. The van der Waals surface area contributed by atoms with Crippen molar-refractivity contribution >= 4 is 17.2 Å². The van der Waals surface area contributed by atoms with Gasteiger partial charge in [0.1, 0.15) is 5.69 Å². The molecule has 1 amide bonds. The van der Waals surface area contributed by atoms with Crippen molar-refractivity contribution in [3.05, 3.63) is 46.7 Å². The summed E-state index contributed by atoms with van der Waals surface area (Å²) in [5.74, 6) is -0.152. The van der Waals surface area contributed by atoms with Crippen molar-refractivity contribution in [1.82, 2.24) is 14.9 Å². The summed E-state index contributed by atoms with van der Waals surface area (Å²) in [5, 5.41) is 10.4. The minimum Gasteiger partial charge on any atom is -0.332 e. The normalized spacial score (nSPS) is 9.84. The topological polar surface area (TPSA) is 69.9 Å². The van der Waals surface area contributed by atoms with E-state index in [4.69, 9.17) is 5.26 Å². The van der Waals surface area contributed by atoms with Crippen LogP contribution in [0.5, 0.6) is 0 Å². The lowest BCUT2D eigenvalue weighted by Crippen LogP contribution is -2.31. The second kappa shape index (κ2) is 6.61. The number of rotatable bonds is 5. The zero-order chi connectivity index (χ0) is 13.5. The number of nitriles is 1. The first-order valence-corrected chi connectivity index (χ1v) is 6.69. The molecule has 19 heavy (non-hydrogen) atoms. The quantitative estimate of drug-likeness (QED) is 0.835. The Morgan fingerprint density at radius 3 is 3.05 bits per heavy atom. The molecule has 0 saturated heterocycles. The molecule has 5 nitrogen and oxygen atoms in total. The number of amides is 1. The Morgan fingerprint density at radius 1 is 1.53 bits per heavy atom. The molecule has 0 aliphatic carbocycles. The molecule has 2 heterocycles. The lowest BCUT2D eigenvalue weighted by molar-refractivity contribution is 0.0741. The third-order valence-electron chi connectivity index (χ3n) is 2.53. The van der Waals surface area contributed by atoms with Crippen molar-refractivity contribution in [3.8, 4) is 6.07 Å². The molecule has 2 aromatic heterocycles. The number of carbonyl (C=O) groups is 1. The van der Waals surface area contributed by atoms with Crippen molar-refractivity contribution in [2.75, 3.05) is 6.54 Å². The van der Waals surface area contributed by atoms with Gasteiger partial charge in [0.2, 0.25) is 0 Å². The molecular formula is C13H12N4OS. The first kappa shape index (κ1) is 13.2. The predicted molar refractivity (Wildman–Crippen MR) is 71.3 cm³/mol. The highest BCUT2D eigenvalue weighted by Gasteiger charge is 2.17. The zero-order valence-electron chi connectivity index (χ0n) is 10.2. The van der Waals surface area contributed by atoms with Gasteiger partial charge in [0.05, 0.1) is 18.0 Å². The zero-order valence-corrected chi connectivity index (χ0v) is 11.0. The van der Waals surface area contributed by atoms with Gasteiger partial charge in [-0.1, -0.05) is 6.07 Å². The SMILES string of the molecule is N#CCCN(Cc1cccnc1)C(=O)c1cscn1. The average Bonchev–Trinajstić information content (AvgIpc) is 2.98. The van der Waals surface area contributed by atoms with E-state index in [0.29, 0.717) is 25.2 Å². The highest BCUT2D eigenvalue weighted by molar-refractivity contribution is 7.07. The molecule has 2 rings (SSSR count). The van der Waals surface area contributed by atoms with Crippen molar-refractivity contribution in [1.29, 1.82) is 5.26 Å². The van der Waals surface area contributed by atoms with Crippen LogP contribution in [0.3, 0.4) is 0 Å². The number of nitrogens with zero attached hydrogens (tertiary/aromatic N) is 4.